The molecular formula is C16H30O. The molecule has 1 nitrogen and oxygen atoms in total. The monoisotopic (exact) mass is 238 g/mol. The molecule has 0 spiro atoms. The zero-order chi connectivity index (χ0) is 11.9. The van der Waals surface area contributed by atoms with E-state index in [0.29, 0.717) is 6.61 Å². The minimum absolute atomic E-state index is 0.399. The Morgan fingerprint density at radius 1 is 0.765 bits per heavy atom. The van der Waals surface area contributed by atoms with Gasteiger partial charge in [0.25, 0.3) is 0 Å². The molecule has 0 bridgehead atoms. The van der Waals surface area contributed by atoms with Crippen molar-refractivity contribution < 1.29 is 5.11 Å². The van der Waals surface area contributed by atoms with E-state index in [0.717, 1.165) is 24.2 Å². The zero-order valence-corrected chi connectivity index (χ0v) is 11.4. The second-order valence-corrected chi connectivity index (χ2v) is 6.33. The van der Waals surface area contributed by atoms with Crippen LogP contribution in [0.5, 0.6) is 0 Å². The van der Waals surface area contributed by atoms with Gasteiger partial charge in [0.1, 0.15) is 0 Å². The molecule has 0 amide bonds. The van der Waals surface area contributed by atoms with Gasteiger partial charge in [0.15, 0.2) is 0 Å². The smallest absolute Gasteiger partial charge is 0.0431 e. The summed E-state index contributed by atoms with van der Waals surface area (Å²) in [5, 5.41) is 9.11. The Morgan fingerprint density at radius 2 is 1.24 bits per heavy atom. The van der Waals surface area contributed by atoms with Gasteiger partial charge in [0.2, 0.25) is 0 Å². The van der Waals surface area contributed by atoms with Gasteiger partial charge in [-0.2, -0.15) is 0 Å². The van der Waals surface area contributed by atoms with Crippen molar-refractivity contribution in [1.82, 2.24) is 0 Å². The predicted octanol–water partition coefficient (Wildman–Crippen LogP) is 4.54. The zero-order valence-electron chi connectivity index (χ0n) is 11.4. The molecule has 100 valence electrons. The Bertz CT molecular complexity index is 172. The first-order valence-electron chi connectivity index (χ1n) is 8.02. The highest BCUT2D eigenvalue weighted by atomic mass is 16.2. The minimum Gasteiger partial charge on any atom is -0.396 e. The van der Waals surface area contributed by atoms with Crippen molar-refractivity contribution in [3.63, 3.8) is 0 Å². The third kappa shape index (κ3) is 3.98. The molecule has 1 N–H and O–H groups in total. The summed E-state index contributed by atoms with van der Waals surface area (Å²) in [6, 6.07) is 0. The maximum absolute atomic E-state index is 9.11. The van der Waals surface area contributed by atoms with Crippen molar-refractivity contribution >= 4 is 0 Å². The highest BCUT2D eigenvalue weighted by Crippen LogP contribution is 2.41. The highest BCUT2D eigenvalue weighted by Gasteiger charge is 2.30. The maximum Gasteiger partial charge on any atom is 0.0431 e. The predicted molar refractivity (Wildman–Crippen MR) is 73.0 cm³/mol. The fourth-order valence-corrected chi connectivity index (χ4v) is 4.31. The molecule has 1 heteroatoms. The van der Waals surface area contributed by atoms with Gasteiger partial charge in [-0.05, 0) is 30.6 Å². The Morgan fingerprint density at radius 3 is 1.65 bits per heavy atom. The van der Waals surface area contributed by atoms with Crippen LogP contribution >= 0.6 is 0 Å². The molecule has 0 aromatic heterocycles. The molecule has 0 unspecified atom stereocenters. The van der Waals surface area contributed by atoms with Gasteiger partial charge in [-0.25, -0.2) is 0 Å². The van der Waals surface area contributed by atoms with Crippen LogP contribution in [0.2, 0.25) is 0 Å². The second kappa shape index (κ2) is 7.41. The van der Waals surface area contributed by atoms with Crippen molar-refractivity contribution in [2.45, 2.75) is 77.0 Å². The molecule has 0 aromatic carbocycles. The quantitative estimate of drug-likeness (QED) is 0.745. The molecule has 2 rings (SSSR count). The summed E-state index contributed by atoms with van der Waals surface area (Å²) in [6.45, 7) is 0.399. The van der Waals surface area contributed by atoms with Gasteiger partial charge in [0.05, 0.1) is 0 Å². The third-order valence-corrected chi connectivity index (χ3v) is 5.21. The van der Waals surface area contributed by atoms with E-state index in [9.17, 15) is 0 Å². The summed E-state index contributed by atoms with van der Waals surface area (Å²) in [6.07, 6.45) is 17.0. The largest absolute Gasteiger partial charge is 0.396 e. The molecule has 0 radical (unpaired) electrons. The minimum atomic E-state index is 0.399. The number of rotatable bonds is 5. The lowest BCUT2D eigenvalue weighted by molar-refractivity contribution is 0.124. The van der Waals surface area contributed by atoms with Crippen LogP contribution in [0.15, 0.2) is 0 Å². The number of aliphatic hydroxyl groups is 1. The molecule has 2 saturated carbocycles. The molecule has 2 aliphatic rings. The van der Waals surface area contributed by atoms with Crippen molar-refractivity contribution in [3.05, 3.63) is 0 Å². The summed E-state index contributed by atoms with van der Waals surface area (Å²) in [4.78, 5) is 0. The molecule has 0 heterocycles. The summed E-state index contributed by atoms with van der Waals surface area (Å²) >= 11 is 0. The van der Waals surface area contributed by atoms with Gasteiger partial charge in [-0.1, -0.05) is 64.2 Å². The van der Waals surface area contributed by atoms with Gasteiger partial charge in [0, 0.05) is 6.61 Å². The lowest BCUT2D eigenvalue weighted by Crippen LogP contribution is -2.27. The molecule has 0 aromatic rings. The van der Waals surface area contributed by atoms with Crippen LogP contribution in [0, 0.1) is 17.8 Å². The summed E-state index contributed by atoms with van der Waals surface area (Å²) in [5.74, 6) is 2.94. The van der Waals surface area contributed by atoms with E-state index in [1.54, 1.807) is 0 Å². The average Bonchev–Trinajstić information content (AvgIpc) is 2.42. The lowest BCUT2D eigenvalue weighted by atomic mass is 9.68. The number of hydrogen-bond acceptors (Lipinski definition) is 1. The van der Waals surface area contributed by atoms with Crippen molar-refractivity contribution in [1.29, 1.82) is 0 Å². The van der Waals surface area contributed by atoms with E-state index < -0.39 is 0 Å². The van der Waals surface area contributed by atoms with E-state index in [1.165, 1.54) is 70.6 Å². The molecule has 2 fully saturated rings. The van der Waals surface area contributed by atoms with Crippen LogP contribution in [-0.2, 0) is 0 Å². The Balaban J connectivity index is 1.90. The van der Waals surface area contributed by atoms with Crippen molar-refractivity contribution in [3.8, 4) is 0 Å². The third-order valence-electron chi connectivity index (χ3n) is 5.21. The van der Waals surface area contributed by atoms with Crippen LogP contribution < -0.4 is 0 Å². The van der Waals surface area contributed by atoms with Gasteiger partial charge in [-0.15, -0.1) is 0 Å². The molecule has 0 saturated heterocycles. The van der Waals surface area contributed by atoms with Gasteiger partial charge in [-0.3, -0.25) is 0 Å². The maximum atomic E-state index is 9.11. The topological polar surface area (TPSA) is 20.2 Å². The summed E-state index contributed by atoms with van der Waals surface area (Å²) in [7, 11) is 0. The van der Waals surface area contributed by atoms with E-state index in [1.807, 2.05) is 0 Å². The first kappa shape index (κ1) is 13.4. The van der Waals surface area contributed by atoms with E-state index >= 15 is 0 Å². The lowest BCUT2D eigenvalue weighted by Gasteiger charge is -2.38. The van der Waals surface area contributed by atoms with Crippen LogP contribution in [-0.4, -0.2) is 11.7 Å². The molecular weight excluding hydrogens is 208 g/mol. The van der Waals surface area contributed by atoms with E-state index in [2.05, 4.69) is 0 Å². The van der Waals surface area contributed by atoms with Gasteiger partial charge >= 0.3 is 0 Å². The highest BCUT2D eigenvalue weighted by molar-refractivity contribution is 4.81. The Hall–Kier alpha value is -0.0400. The van der Waals surface area contributed by atoms with Crippen LogP contribution in [0.1, 0.15) is 77.0 Å². The van der Waals surface area contributed by atoms with Crippen LogP contribution in [0.3, 0.4) is 0 Å². The van der Waals surface area contributed by atoms with Crippen LogP contribution in [0.4, 0.5) is 0 Å². The van der Waals surface area contributed by atoms with Crippen molar-refractivity contribution in [2.75, 3.05) is 6.61 Å². The molecule has 2 aliphatic carbocycles. The first-order chi connectivity index (χ1) is 8.42. The Kier molecular flexibility index (Phi) is 5.84. The molecule has 0 atom stereocenters. The SMILES string of the molecule is OCCCC(C1CCCCC1)C1CCCCC1. The number of aliphatic hydroxyl groups excluding tert-OH is 1. The van der Waals surface area contributed by atoms with E-state index in [4.69, 9.17) is 5.11 Å². The summed E-state index contributed by atoms with van der Waals surface area (Å²) in [5.41, 5.74) is 0. The molecule has 0 aliphatic heterocycles. The van der Waals surface area contributed by atoms with Gasteiger partial charge < -0.3 is 5.11 Å². The van der Waals surface area contributed by atoms with E-state index in [-0.39, 0.29) is 0 Å². The average molecular weight is 238 g/mol. The Labute approximate surface area is 107 Å². The van der Waals surface area contributed by atoms with Crippen molar-refractivity contribution in [2.24, 2.45) is 17.8 Å². The molecule has 17 heavy (non-hydrogen) atoms. The fraction of sp³-hybridized carbons (Fsp3) is 1.00. The number of hydrogen-bond donors (Lipinski definition) is 1. The van der Waals surface area contributed by atoms with Crippen LogP contribution in [0.25, 0.3) is 0 Å². The standard InChI is InChI=1S/C16H30O/c17-13-7-12-16(14-8-3-1-4-9-14)15-10-5-2-6-11-15/h14-17H,1-13H2. The normalized spacial score (nSPS) is 24.4. The first-order valence-corrected chi connectivity index (χ1v) is 8.02. The fourth-order valence-electron chi connectivity index (χ4n) is 4.31. The summed E-state index contributed by atoms with van der Waals surface area (Å²) < 4.78 is 0. The second-order valence-electron chi connectivity index (χ2n) is 6.33.